The summed E-state index contributed by atoms with van der Waals surface area (Å²) in [7, 11) is 0. The number of hydrogen-bond donors (Lipinski definition) is 1. The van der Waals surface area contributed by atoms with Gasteiger partial charge >= 0.3 is 0 Å². The number of para-hydroxylation sites is 1. The second-order valence-corrected chi connectivity index (χ2v) is 4.87. The van der Waals surface area contributed by atoms with Crippen LogP contribution in [0.1, 0.15) is 18.9 Å². The first-order valence-corrected chi connectivity index (χ1v) is 7.13. The van der Waals surface area contributed by atoms with E-state index in [4.69, 9.17) is 4.52 Å². The molecule has 2 aromatic heterocycles. The summed E-state index contributed by atoms with van der Waals surface area (Å²) in [6.07, 6.45) is 6.63. The van der Waals surface area contributed by atoms with E-state index in [1.807, 2.05) is 41.2 Å². The third kappa shape index (κ3) is 3.03. The Bertz CT molecular complexity index is 687. The molecule has 0 spiro atoms. The highest BCUT2D eigenvalue weighted by molar-refractivity contribution is 5.59. The molecule has 1 aromatic carbocycles. The Kier molecular flexibility index (Phi) is 4.12. The molecule has 3 rings (SSSR count). The molecule has 0 saturated heterocycles. The van der Waals surface area contributed by atoms with E-state index in [2.05, 4.69) is 22.5 Å². The van der Waals surface area contributed by atoms with Crippen molar-refractivity contribution in [2.75, 3.05) is 6.54 Å². The van der Waals surface area contributed by atoms with Crippen molar-refractivity contribution >= 4 is 0 Å². The zero-order valence-corrected chi connectivity index (χ0v) is 12.0. The summed E-state index contributed by atoms with van der Waals surface area (Å²) in [5.41, 5.74) is 3.01. The molecule has 0 amide bonds. The monoisotopic (exact) mass is 282 g/mol. The van der Waals surface area contributed by atoms with E-state index >= 15 is 0 Å². The molecule has 0 aliphatic rings. The molecule has 0 saturated carbocycles. The summed E-state index contributed by atoms with van der Waals surface area (Å²) in [6.45, 7) is 3.88. The number of benzene rings is 1. The number of nitrogens with zero attached hydrogens (tertiary/aromatic N) is 3. The van der Waals surface area contributed by atoms with Gasteiger partial charge in [0.25, 0.3) is 0 Å². The lowest BCUT2D eigenvalue weighted by atomic mass is 10.2. The van der Waals surface area contributed by atoms with Gasteiger partial charge in [0.1, 0.15) is 0 Å². The van der Waals surface area contributed by atoms with E-state index in [9.17, 15) is 0 Å². The second-order valence-electron chi connectivity index (χ2n) is 4.87. The van der Waals surface area contributed by atoms with Gasteiger partial charge in [0.05, 0.1) is 23.6 Å². The Balaban J connectivity index is 1.82. The van der Waals surface area contributed by atoms with Crippen LogP contribution in [-0.2, 0) is 6.54 Å². The minimum absolute atomic E-state index is 0.753. The maximum absolute atomic E-state index is 5.39. The highest BCUT2D eigenvalue weighted by atomic mass is 16.5. The lowest BCUT2D eigenvalue weighted by Gasteiger charge is -2.01. The van der Waals surface area contributed by atoms with Gasteiger partial charge in [-0.05, 0) is 25.1 Å². The molecule has 0 unspecified atom stereocenters. The second kappa shape index (κ2) is 6.37. The molecule has 0 aliphatic heterocycles. The topological polar surface area (TPSA) is 55.9 Å². The molecule has 0 bridgehead atoms. The lowest BCUT2D eigenvalue weighted by molar-refractivity contribution is 0.431. The highest BCUT2D eigenvalue weighted by Crippen LogP contribution is 2.24. The number of aromatic nitrogens is 3. The summed E-state index contributed by atoms with van der Waals surface area (Å²) in [5.74, 6) is 0.779. The van der Waals surface area contributed by atoms with Crippen molar-refractivity contribution in [1.29, 1.82) is 0 Å². The van der Waals surface area contributed by atoms with Crippen LogP contribution in [0.3, 0.4) is 0 Å². The maximum atomic E-state index is 5.39. The Morgan fingerprint density at radius 3 is 2.86 bits per heavy atom. The van der Waals surface area contributed by atoms with Crippen LogP contribution in [0.25, 0.3) is 17.0 Å². The predicted octanol–water partition coefficient (Wildman–Crippen LogP) is 3.03. The van der Waals surface area contributed by atoms with E-state index < -0.39 is 0 Å². The smallest absolute Gasteiger partial charge is 0.174 e. The van der Waals surface area contributed by atoms with Crippen LogP contribution in [0.15, 0.2) is 53.4 Å². The first-order valence-electron chi connectivity index (χ1n) is 7.13. The third-order valence-electron chi connectivity index (χ3n) is 3.25. The van der Waals surface area contributed by atoms with Gasteiger partial charge in [-0.1, -0.05) is 30.3 Å². The fourth-order valence-electron chi connectivity index (χ4n) is 2.19. The maximum Gasteiger partial charge on any atom is 0.174 e. The van der Waals surface area contributed by atoms with E-state index in [1.165, 1.54) is 0 Å². The van der Waals surface area contributed by atoms with Gasteiger partial charge in [0.15, 0.2) is 5.76 Å². The van der Waals surface area contributed by atoms with Gasteiger partial charge in [0, 0.05) is 18.3 Å². The van der Waals surface area contributed by atoms with Gasteiger partial charge < -0.3 is 9.84 Å². The van der Waals surface area contributed by atoms with Crippen molar-refractivity contribution in [3.63, 3.8) is 0 Å². The SMILES string of the molecule is CCCNCc1cnoc1-c1cnn(-c2ccccc2)c1. The molecule has 108 valence electrons. The molecule has 0 radical (unpaired) electrons. The molecule has 2 heterocycles. The van der Waals surface area contributed by atoms with Gasteiger partial charge in [-0.2, -0.15) is 5.10 Å². The van der Waals surface area contributed by atoms with Crippen LogP contribution in [0.2, 0.25) is 0 Å². The first kappa shape index (κ1) is 13.6. The van der Waals surface area contributed by atoms with Gasteiger partial charge in [-0.3, -0.25) is 0 Å². The lowest BCUT2D eigenvalue weighted by Crippen LogP contribution is -2.13. The zero-order valence-electron chi connectivity index (χ0n) is 12.0. The molecule has 5 nitrogen and oxygen atoms in total. The standard InChI is InChI=1S/C16H18N4O/c1-2-8-17-9-13-11-19-21-16(13)14-10-18-20(12-14)15-6-4-3-5-7-15/h3-7,10-12,17H,2,8-9H2,1H3. The van der Waals surface area contributed by atoms with Gasteiger partial charge in [0.2, 0.25) is 0 Å². The molecule has 1 N–H and O–H groups in total. The summed E-state index contributed by atoms with van der Waals surface area (Å²) >= 11 is 0. The Hall–Kier alpha value is -2.40. The predicted molar refractivity (Wildman–Crippen MR) is 81.1 cm³/mol. The van der Waals surface area contributed by atoms with E-state index in [1.54, 1.807) is 12.4 Å². The van der Waals surface area contributed by atoms with Gasteiger partial charge in [-0.15, -0.1) is 0 Å². The molecular formula is C16H18N4O. The average Bonchev–Trinajstić information content (AvgIpc) is 3.17. The Morgan fingerprint density at radius 1 is 1.19 bits per heavy atom. The van der Waals surface area contributed by atoms with Crippen LogP contribution >= 0.6 is 0 Å². The van der Waals surface area contributed by atoms with Crippen LogP contribution in [0, 0.1) is 0 Å². The average molecular weight is 282 g/mol. The molecule has 0 aliphatic carbocycles. The van der Waals surface area contributed by atoms with Crippen molar-refractivity contribution < 1.29 is 4.52 Å². The fraction of sp³-hybridized carbons (Fsp3) is 0.250. The van der Waals surface area contributed by atoms with Crippen molar-refractivity contribution in [3.8, 4) is 17.0 Å². The molecule has 3 aromatic rings. The summed E-state index contributed by atoms with van der Waals surface area (Å²) < 4.78 is 7.22. The highest BCUT2D eigenvalue weighted by Gasteiger charge is 2.12. The normalized spacial score (nSPS) is 10.9. The van der Waals surface area contributed by atoms with E-state index in [0.717, 1.165) is 42.1 Å². The van der Waals surface area contributed by atoms with Crippen molar-refractivity contribution in [2.45, 2.75) is 19.9 Å². The van der Waals surface area contributed by atoms with Crippen LogP contribution in [0.5, 0.6) is 0 Å². The van der Waals surface area contributed by atoms with Crippen molar-refractivity contribution in [1.82, 2.24) is 20.3 Å². The zero-order chi connectivity index (χ0) is 14.5. The summed E-state index contributed by atoms with van der Waals surface area (Å²) in [5, 5.41) is 11.7. The first-order chi connectivity index (χ1) is 10.4. The van der Waals surface area contributed by atoms with Crippen molar-refractivity contribution in [3.05, 3.63) is 54.5 Å². The Morgan fingerprint density at radius 2 is 2.05 bits per heavy atom. The summed E-state index contributed by atoms with van der Waals surface area (Å²) in [6, 6.07) is 10.0. The molecule has 0 fully saturated rings. The third-order valence-corrected chi connectivity index (χ3v) is 3.25. The number of hydrogen-bond acceptors (Lipinski definition) is 4. The van der Waals surface area contributed by atoms with Crippen molar-refractivity contribution in [2.24, 2.45) is 0 Å². The number of nitrogens with one attached hydrogen (secondary N) is 1. The Labute approximate surface area is 123 Å². The van der Waals surface area contributed by atoms with Crippen LogP contribution < -0.4 is 5.32 Å². The molecule has 21 heavy (non-hydrogen) atoms. The minimum Gasteiger partial charge on any atom is -0.356 e. The molecular weight excluding hydrogens is 264 g/mol. The largest absolute Gasteiger partial charge is 0.356 e. The fourth-order valence-corrected chi connectivity index (χ4v) is 2.19. The minimum atomic E-state index is 0.753. The van der Waals surface area contributed by atoms with E-state index in [0.29, 0.717) is 0 Å². The number of rotatable bonds is 6. The molecule has 0 atom stereocenters. The van der Waals surface area contributed by atoms with E-state index in [-0.39, 0.29) is 0 Å². The van der Waals surface area contributed by atoms with Crippen LogP contribution in [-0.4, -0.2) is 21.5 Å². The summed E-state index contributed by atoms with van der Waals surface area (Å²) in [4.78, 5) is 0. The quantitative estimate of drug-likeness (QED) is 0.706. The van der Waals surface area contributed by atoms with Gasteiger partial charge in [-0.25, -0.2) is 4.68 Å². The van der Waals surface area contributed by atoms with Crippen LogP contribution in [0.4, 0.5) is 0 Å². The molecule has 5 heteroatoms.